The molecule has 13 heavy (non-hydrogen) atoms. The van der Waals surface area contributed by atoms with Gasteiger partial charge in [-0.25, -0.2) is 13.4 Å². The van der Waals surface area contributed by atoms with E-state index in [1.807, 2.05) is 0 Å². The van der Waals surface area contributed by atoms with Crippen molar-refractivity contribution in [1.29, 1.82) is 5.41 Å². The molecule has 0 spiro atoms. The monoisotopic (exact) mass is 219 g/mol. The minimum absolute atomic E-state index is 0.0116. The molecule has 1 aromatic rings. The maximum atomic E-state index is 10.7. The Bertz CT molecular complexity index is 443. The highest BCUT2D eigenvalue weighted by Crippen LogP contribution is 2.13. The fourth-order valence-corrected chi connectivity index (χ4v) is 1.43. The first-order chi connectivity index (χ1) is 5.93. The van der Waals surface area contributed by atoms with E-state index in [1.165, 1.54) is 18.3 Å². The molecule has 1 rings (SSSR count). The molecule has 1 aromatic heterocycles. The summed E-state index contributed by atoms with van der Waals surface area (Å²) in [6, 6.07) is 2.84. The van der Waals surface area contributed by atoms with Crippen LogP contribution in [-0.4, -0.2) is 18.4 Å². The van der Waals surface area contributed by atoms with Crippen LogP contribution >= 0.6 is 10.7 Å². The smallest absolute Gasteiger partial charge is 0.278 e. The molecule has 0 unspecified atom stereocenters. The second kappa shape index (κ2) is 3.31. The summed E-state index contributed by atoms with van der Waals surface area (Å²) >= 11 is 0. The summed E-state index contributed by atoms with van der Waals surface area (Å²) in [4.78, 5) is 3.63. The van der Waals surface area contributed by atoms with Crippen molar-refractivity contribution in [3.05, 3.63) is 23.9 Å². The molecule has 0 radical (unpaired) electrons. The van der Waals surface area contributed by atoms with Crippen LogP contribution in [0.2, 0.25) is 0 Å². The lowest BCUT2D eigenvalue weighted by Gasteiger charge is -2.01. The third-order valence-electron chi connectivity index (χ3n) is 1.33. The fraction of sp³-hybridized carbons (Fsp3) is 0. The van der Waals surface area contributed by atoms with Gasteiger partial charge in [0.15, 0.2) is 5.04 Å². The topological polar surface area (TPSA) is 96.9 Å². The number of nitrogens with two attached hydrogens (primary N) is 1. The van der Waals surface area contributed by atoms with E-state index in [2.05, 4.69) is 4.98 Å². The Labute approximate surface area is 79.5 Å². The van der Waals surface area contributed by atoms with Gasteiger partial charge in [-0.1, -0.05) is 0 Å². The number of hydrogen-bond donors (Lipinski definition) is 2. The number of rotatable bonds is 1. The van der Waals surface area contributed by atoms with Crippen LogP contribution in [0.4, 0.5) is 5.82 Å². The predicted molar refractivity (Wildman–Crippen MR) is 50.3 cm³/mol. The van der Waals surface area contributed by atoms with E-state index >= 15 is 0 Å². The number of aromatic nitrogens is 1. The Balaban J connectivity index is 3.26. The number of hydrogen-bond acceptors (Lipinski definition) is 5. The molecule has 0 aliphatic heterocycles. The number of nitrogen functional groups attached to an aromatic ring is 1. The lowest BCUT2D eigenvalue weighted by atomic mass is 10.3. The summed E-state index contributed by atoms with van der Waals surface area (Å²) < 4.78 is 21.5. The molecular formula is C6H6ClN3O2S. The average molecular weight is 220 g/mol. The lowest BCUT2D eigenvalue weighted by Crippen LogP contribution is -2.11. The van der Waals surface area contributed by atoms with E-state index in [0.29, 0.717) is 0 Å². The van der Waals surface area contributed by atoms with Gasteiger partial charge in [0.25, 0.3) is 9.05 Å². The fourth-order valence-electron chi connectivity index (χ4n) is 0.741. The van der Waals surface area contributed by atoms with Crippen LogP contribution in [0.5, 0.6) is 0 Å². The van der Waals surface area contributed by atoms with Gasteiger partial charge in [0, 0.05) is 16.9 Å². The zero-order valence-electron chi connectivity index (χ0n) is 6.36. The molecule has 3 N–H and O–H groups in total. The second-order valence-corrected chi connectivity index (χ2v) is 4.71. The lowest BCUT2D eigenvalue weighted by molar-refractivity contribution is 0.619. The summed E-state index contributed by atoms with van der Waals surface area (Å²) in [5.74, 6) is -0.0308. The molecule has 0 aliphatic rings. The van der Waals surface area contributed by atoms with Crippen LogP contribution in [0.1, 0.15) is 5.56 Å². The number of nitrogens with zero attached hydrogens (tertiary/aromatic N) is 1. The first kappa shape index (κ1) is 9.94. The minimum Gasteiger partial charge on any atom is -0.383 e. The van der Waals surface area contributed by atoms with Crippen molar-refractivity contribution >= 4 is 30.6 Å². The highest BCUT2D eigenvalue weighted by Gasteiger charge is 2.18. The second-order valence-electron chi connectivity index (χ2n) is 2.20. The minimum atomic E-state index is -4.04. The third kappa shape index (κ3) is 2.16. The molecule has 5 nitrogen and oxygen atoms in total. The quantitative estimate of drug-likeness (QED) is 0.410. The van der Waals surface area contributed by atoms with Gasteiger partial charge in [0.1, 0.15) is 5.82 Å². The van der Waals surface area contributed by atoms with Crippen LogP contribution in [0.25, 0.3) is 0 Å². The molecular weight excluding hydrogens is 214 g/mol. The van der Waals surface area contributed by atoms with Crippen LogP contribution in [0.3, 0.4) is 0 Å². The molecule has 7 heteroatoms. The Morgan fingerprint density at radius 2 is 2.23 bits per heavy atom. The van der Waals surface area contributed by atoms with Crippen molar-refractivity contribution in [2.24, 2.45) is 0 Å². The van der Waals surface area contributed by atoms with Gasteiger partial charge < -0.3 is 5.73 Å². The number of pyridine rings is 1. The van der Waals surface area contributed by atoms with Gasteiger partial charge in [0.05, 0.1) is 5.56 Å². The van der Waals surface area contributed by atoms with Gasteiger partial charge in [-0.15, -0.1) is 0 Å². The summed E-state index contributed by atoms with van der Waals surface area (Å²) in [5, 5.41) is 6.45. The Hall–Kier alpha value is -1.14. The summed E-state index contributed by atoms with van der Waals surface area (Å²) in [5.41, 5.74) is 5.35. The van der Waals surface area contributed by atoms with Gasteiger partial charge in [-0.3, -0.25) is 5.41 Å². The molecule has 0 bridgehead atoms. The largest absolute Gasteiger partial charge is 0.383 e. The van der Waals surface area contributed by atoms with Gasteiger partial charge in [0.2, 0.25) is 0 Å². The number of nitrogens with one attached hydrogen (secondary N) is 1. The zero-order valence-corrected chi connectivity index (χ0v) is 7.93. The molecule has 0 atom stereocenters. The van der Waals surface area contributed by atoms with Crippen molar-refractivity contribution in [3.63, 3.8) is 0 Å². The summed E-state index contributed by atoms with van der Waals surface area (Å²) in [6.45, 7) is 0. The molecule has 1 heterocycles. The van der Waals surface area contributed by atoms with E-state index in [4.69, 9.17) is 21.8 Å². The molecule has 0 saturated heterocycles. The van der Waals surface area contributed by atoms with Crippen LogP contribution in [-0.2, 0) is 9.05 Å². The van der Waals surface area contributed by atoms with Crippen LogP contribution < -0.4 is 5.73 Å². The first-order valence-corrected chi connectivity index (χ1v) is 5.48. The molecule has 70 valence electrons. The SMILES string of the molecule is N=C(c1cccnc1N)S(=O)(=O)Cl. The summed E-state index contributed by atoms with van der Waals surface area (Å²) in [6.07, 6.45) is 1.40. The third-order valence-corrected chi connectivity index (χ3v) is 2.50. The predicted octanol–water partition coefficient (Wildman–Crippen LogP) is 0.558. The summed E-state index contributed by atoms with van der Waals surface area (Å²) in [7, 11) is 0.912. The van der Waals surface area contributed by atoms with E-state index in [-0.39, 0.29) is 11.4 Å². The van der Waals surface area contributed by atoms with E-state index in [0.717, 1.165) is 0 Å². The first-order valence-electron chi connectivity index (χ1n) is 3.17. The van der Waals surface area contributed by atoms with Crippen LogP contribution in [0, 0.1) is 5.41 Å². The van der Waals surface area contributed by atoms with E-state index in [1.54, 1.807) is 0 Å². The maximum Gasteiger partial charge on any atom is 0.278 e. The Kier molecular flexibility index (Phi) is 2.53. The molecule has 0 fully saturated rings. The Morgan fingerprint density at radius 1 is 1.62 bits per heavy atom. The highest BCUT2D eigenvalue weighted by molar-refractivity contribution is 8.26. The molecule has 0 saturated carbocycles. The zero-order chi connectivity index (χ0) is 10.1. The molecule has 0 aliphatic carbocycles. The molecule has 0 amide bonds. The number of halogens is 1. The average Bonchev–Trinajstić information content (AvgIpc) is 2.02. The van der Waals surface area contributed by atoms with Crippen molar-refractivity contribution in [3.8, 4) is 0 Å². The van der Waals surface area contributed by atoms with Crippen molar-refractivity contribution in [2.75, 3.05) is 5.73 Å². The maximum absolute atomic E-state index is 10.7. The Morgan fingerprint density at radius 3 is 2.69 bits per heavy atom. The van der Waals surface area contributed by atoms with Gasteiger partial charge in [-0.2, -0.15) is 0 Å². The standard InChI is InChI=1S/C6H6ClN3O2S/c7-13(11,12)6(9)4-2-1-3-10-5(4)8/h1-3,9H,(H2,8,10). The van der Waals surface area contributed by atoms with Crippen molar-refractivity contribution in [2.45, 2.75) is 0 Å². The molecule has 0 aromatic carbocycles. The number of anilines is 1. The van der Waals surface area contributed by atoms with Crippen molar-refractivity contribution in [1.82, 2.24) is 4.98 Å². The van der Waals surface area contributed by atoms with Crippen LogP contribution in [0.15, 0.2) is 18.3 Å². The van der Waals surface area contributed by atoms with E-state index in [9.17, 15) is 8.42 Å². The normalized spacial score (nSPS) is 11.2. The highest BCUT2D eigenvalue weighted by atomic mass is 35.7. The van der Waals surface area contributed by atoms with Crippen molar-refractivity contribution < 1.29 is 8.42 Å². The van der Waals surface area contributed by atoms with E-state index < -0.39 is 14.1 Å². The van der Waals surface area contributed by atoms with Gasteiger partial charge >= 0.3 is 0 Å². The van der Waals surface area contributed by atoms with Gasteiger partial charge in [-0.05, 0) is 12.1 Å².